The number of hydrogen-bond donors (Lipinski definition) is 2. The maximum absolute atomic E-state index is 13.7. The van der Waals surface area contributed by atoms with Crippen LogP contribution in [0.2, 0.25) is 0 Å². The number of nitrogens with zero attached hydrogens (tertiary/aromatic N) is 5. The second kappa shape index (κ2) is 9.93. The smallest absolute Gasteiger partial charge is 0.290 e. The van der Waals surface area contributed by atoms with Gasteiger partial charge in [0.2, 0.25) is 5.91 Å². The lowest BCUT2D eigenvalue weighted by Crippen LogP contribution is -2.38. The number of aromatic nitrogens is 4. The van der Waals surface area contributed by atoms with Gasteiger partial charge in [-0.25, -0.2) is 19.3 Å². The van der Waals surface area contributed by atoms with Crippen molar-refractivity contribution >= 4 is 35.0 Å². The summed E-state index contributed by atoms with van der Waals surface area (Å²) in [5, 5.41) is 9.75. The zero-order valence-corrected chi connectivity index (χ0v) is 18.5. The molecule has 1 amide bonds. The number of piperidine rings is 1. The van der Waals surface area contributed by atoms with Gasteiger partial charge in [0, 0.05) is 37.7 Å². The third-order valence-corrected chi connectivity index (χ3v) is 6.23. The molecule has 0 bridgehead atoms. The number of carbonyl (C=O) groups is 2. The summed E-state index contributed by atoms with van der Waals surface area (Å²) in [6, 6.07) is 4.79. The van der Waals surface area contributed by atoms with Gasteiger partial charge in [-0.2, -0.15) is 0 Å². The lowest BCUT2D eigenvalue weighted by molar-refractivity contribution is -0.123. The van der Waals surface area contributed by atoms with E-state index < -0.39 is 0 Å². The van der Waals surface area contributed by atoms with E-state index in [1.165, 1.54) is 6.07 Å². The Balaban J connectivity index is 0.000000821. The first-order chi connectivity index (χ1) is 16.0. The average molecular weight is 455 g/mol. The minimum absolute atomic E-state index is 0.0526. The molecule has 0 aliphatic carbocycles. The van der Waals surface area contributed by atoms with E-state index in [9.17, 15) is 9.18 Å². The molecule has 10 heteroatoms. The van der Waals surface area contributed by atoms with Crippen LogP contribution in [-0.4, -0.2) is 50.1 Å². The number of amides is 1. The Bertz CT molecular complexity index is 1160. The van der Waals surface area contributed by atoms with Gasteiger partial charge in [0.1, 0.15) is 18.0 Å². The van der Waals surface area contributed by atoms with Crippen molar-refractivity contribution in [2.45, 2.75) is 45.6 Å². The Morgan fingerprint density at radius 3 is 2.70 bits per heavy atom. The Labute approximate surface area is 190 Å². The highest BCUT2D eigenvalue weighted by Gasteiger charge is 2.28. The molecule has 9 nitrogen and oxygen atoms in total. The number of rotatable bonds is 3. The van der Waals surface area contributed by atoms with Crippen molar-refractivity contribution in [2.24, 2.45) is 5.92 Å². The molecule has 33 heavy (non-hydrogen) atoms. The van der Waals surface area contributed by atoms with Gasteiger partial charge in [-0.3, -0.25) is 9.59 Å². The molecule has 2 aliphatic rings. The highest BCUT2D eigenvalue weighted by atomic mass is 19.1. The lowest BCUT2D eigenvalue weighted by atomic mass is 9.95. The molecule has 0 saturated carbocycles. The minimum Gasteiger partial charge on any atom is -0.483 e. The maximum atomic E-state index is 13.7. The Kier molecular flexibility index (Phi) is 6.81. The van der Waals surface area contributed by atoms with Gasteiger partial charge >= 0.3 is 0 Å². The van der Waals surface area contributed by atoms with Crippen molar-refractivity contribution in [2.75, 3.05) is 23.3 Å². The van der Waals surface area contributed by atoms with Crippen LogP contribution in [0.4, 0.5) is 15.9 Å². The third kappa shape index (κ3) is 4.79. The molecule has 0 atom stereocenters. The maximum Gasteiger partial charge on any atom is 0.290 e. The van der Waals surface area contributed by atoms with Crippen LogP contribution in [0, 0.1) is 18.7 Å². The van der Waals surface area contributed by atoms with E-state index in [0.717, 1.165) is 74.5 Å². The molecule has 1 aromatic carbocycles. The van der Waals surface area contributed by atoms with E-state index in [1.54, 1.807) is 25.4 Å². The fourth-order valence-electron chi connectivity index (χ4n) is 4.45. The van der Waals surface area contributed by atoms with Crippen LogP contribution in [0.1, 0.15) is 37.1 Å². The Morgan fingerprint density at radius 2 is 1.97 bits per heavy atom. The largest absolute Gasteiger partial charge is 0.483 e. The summed E-state index contributed by atoms with van der Waals surface area (Å²) in [7, 11) is 0. The SMILES string of the molecule is Cc1ccc(NC(=O)C2CCN(c3ncnc4c3nc3n4CCCC3)CC2)cc1F.O=CO. The third-order valence-electron chi connectivity index (χ3n) is 6.23. The molecule has 4 heterocycles. The van der Waals surface area contributed by atoms with E-state index in [1.807, 2.05) is 0 Å². The van der Waals surface area contributed by atoms with E-state index in [4.69, 9.17) is 14.9 Å². The summed E-state index contributed by atoms with van der Waals surface area (Å²) in [5.41, 5.74) is 2.86. The predicted molar refractivity (Wildman–Crippen MR) is 122 cm³/mol. The summed E-state index contributed by atoms with van der Waals surface area (Å²) in [5.74, 6) is 1.50. The van der Waals surface area contributed by atoms with Crippen LogP contribution in [-0.2, 0) is 22.6 Å². The number of hydrogen-bond acceptors (Lipinski definition) is 6. The molecule has 0 spiro atoms. The number of halogens is 1. The van der Waals surface area contributed by atoms with Crippen molar-refractivity contribution in [3.05, 3.63) is 41.7 Å². The van der Waals surface area contributed by atoms with Gasteiger partial charge in [0.05, 0.1) is 0 Å². The van der Waals surface area contributed by atoms with Gasteiger partial charge in [-0.15, -0.1) is 0 Å². The second-order valence-electron chi connectivity index (χ2n) is 8.33. The minimum atomic E-state index is -0.307. The number of carbonyl (C=O) groups excluding carboxylic acids is 1. The van der Waals surface area contributed by atoms with E-state index in [-0.39, 0.29) is 24.1 Å². The van der Waals surface area contributed by atoms with Crippen molar-refractivity contribution < 1.29 is 19.1 Å². The molecular weight excluding hydrogens is 427 g/mol. The Morgan fingerprint density at radius 1 is 1.21 bits per heavy atom. The van der Waals surface area contributed by atoms with E-state index in [2.05, 4.69) is 24.8 Å². The van der Waals surface area contributed by atoms with Gasteiger partial charge in [0.15, 0.2) is 17.0 Å². The average Bonchev–Trinajstić information content (AvgIpc) is 3.21. The van der Waals surface area contributed by atoms with Crippen molar-refractivity contribution in [3.63, 3.8) is 0 Å². The van der Waals surface area contributed by atoms with E-state index in [0.29, 0.717) is 11.3 Å². The standard InChI is InChI=1S/C22H25FN6O.CH2O2/c1-14-5-6-16(12-17(14)23)26-22(30)15-7-10-28(11-8-15)20-19-21(25-13-24-20)29-9-3-2-4-18(29)27-19;2-1-3/h5-6,12-13,15H,2-4,7-11H2,1H3,(H,26,30);1H,(H,2,3). The number of anilines is 2. The number of carboxylic acid groups (broad SMARTS) is 1. The van der Waals surface area contributed by atoms with Crippen LogP contribution in [0.15, 0.2) is 24.5 Å². The van der Waals surface area contributed by atoms with Crippen LogP contribution >= 0.6 is 0 Å². The zero-order chi connectivity index (χ0) is 23.4. The zero-order valence-electron chi connectivity index (χ0n) is 18.5. The molecule has 5 rings (SSSR count). The molecule has 1 fully saturated rings. The first kappa shape index (κ1) is 22.6. The highest BCUT2D eigenvalue weighted by Crippen LogP contribution is 2.30. The molecule has 2 aliphatic heterocycles. The van der Waals surface area contributed by atoms with Crippen molar-refractivity contribution in [1.82, 2.24) is 19.5 Å². The number of aryl methyl sites for hydroxylation is 3. The first-order valence-electron chi connectivity index (χ1n) is 11.1. The molecule has 1 saturated heterocycles. The van der Waals surface area contributed by atoms with Gasteiger partial charge < -0.3 is 19.9 Å². The Hall–Kier alpha value is -3.56. The van der Waals surface area contributed by atoms with E-state index >= 15 is 0 Å². The number of fused-ring (bicyclic) bond motifs is 3. The molecule has 3 aromatic rings. The highest BCUT2D eigenvalue weighted by molar-refractivity contribution is 5.93. The van der Waals surface area contributed by atoms with Crippen LogP contribution in [0.3, 0.4) is 0 Å². The fraction of sp³-hybridized carbons (Fsp3) is 0.435. The molecule has 0 unspecified atom stereocenters. The summed E-state index contributed by atoms with van der Waals surface area (Å²) < 4.78 is 16.0. The van der Waals surface area contributed by atoms with Gasteiger partial charge in [-0.1, -0.05) is 6.07 Å². The summed E-state index contributed by atoms with van der Waals surface area (Å²) in [6.45, 7) is 3.88. The normalized spacial score (nSPS) is 16.0. The lowest BCUT2D eigenvalue weighted by Gasteiger charge is -2.32. The summed E-state index contributed by atoms with van der Waals surface area (Å²) in [6.07, 6.45) is 6.36. The monoisotopic (exact) mass is 454 g/mol. The van der Waals surface area contributed by atoms with Crippen LogP contribution in [0.5, 0.6) is 0 Å². The second-order valence-corrected chi connectivity index (χ2v) is 8.33. The molecule has 0 radical (unpaired) electrons. The number of benzene rings is 1. The van der Waals surface area contributed by atoms with Crippen molar-refractivity contribution in [1.29, 1.82) is 0 Å². The van der Waals surface area contributed by atoms with Gasteiger partial charge in [-0.05, 0) is 50.3 Å². The number of imidazole rings is 1. The molecule has 2 N–H and O–H groups in total. The quantitative estimate of drug-likeness (QED) is 0.585. The summed E-state index contributed by atoms with van der Waals surface area (Å²) >= 11 is 0. The van der Waals surface area contributed by atoms with Gasteiger partial charge in [0.25, 0.3) is 6.47 Å². The first-order valence-corrected chi connectivity index (χ1v) is 11.1. The number of nitrogens with one attached hydrogen (secondary N) is 1. The van der Waals surface area contributed by atoms with Crippen molar-refractivity contribution in [3.8, 4) is 0 Å². The molecular formula is C23H27FN6O3. The predicted octanol–water partition coefficient (Wildman–Crippen LogP) is 3.17. The van der Waals surface area contributed by atoms with Crippen LogP contribution < -0.4 is 10.2 Å². The molecule has 2 aromatic heterocycles. The summed E-state index contributed by atoms with van der Waals surface area (Å²) in [4.78, 5) is 37.1. The topological polar surface area (TPSA) is 113 Å². The molecule has 174 valence electrons. The van der Waals surface area contributed by atoms with Crippen LogP contribution in [0.25, 0.3) is 11.2 Å². The fourth-order valence-corrected chi connectivity index (χ4v) is 4.45.